The van der Waals surface area contributed by atoms with E-state index in [0.717, 1.165) is 13.0 Å². The Kier molecular flexibility index (Phi) is 5.42. The van der Waals surface area contributed by atoms with E-state index in [0.29, 0.717) is 11.0 Å². The van der Waals surface area contributed by atoms with Crippen LogP contribution in [0, 0.1) is 5.82 Å². The summed E-state index contributed by atoms with van der Waals surface area (Å²) in [6.45, 7) is 1.35. The Hall–Kier alpha value is -0.940. The Bertz CT molecular complexity index is 371. The molecular weight excluding hydrogens is 275 g/mol. The second-order valence-corrected chi connectivity index (χ2v) is 4.17. The Morgan fingerprint density at radius 1 is 1.44 bits per heavy atom. The summed E-state index contributed by atoms with van der Waals surface area (Å²) in [6.07, 6.45) is 0.817. The van der Waals surface area contributed by atoms with E-state index in [9.17, 15) is 9.18 Å². The number of halogens is 2. The summed E-state index contributed by atoms with van der Waals surface area (Å²) in [5.41, 5.74) is 0.0684. The average molecular weight is 289 g/mol. The van der Waals surface area contributed by atoms with Gasteiger partial charge >= 0.3 is 0 Å². The van der Waals surface area contributed by atoms with Gasteiger partial charge in [0.25, 0.3) is 5.91 Å². The van der Waals surface area contributed by atoms with Gasteiger partial charge < -0.3 is 10.6 Å². The second-order valence-electron chi connectivity index (χ2n) is 3.31. The van der Waals surface area contributed by atoms with Crippen molar-refractivity contribution in [3.05, 3.63) is 34.1 Å². The lowest BCUT2D eigenvalue weighted by atomic mass is 10.2. The SMILES string of the molecule is CNCCCNC(=O)c1cccc(Br)c1F. The van der Waals surface area contributed by atoms with Crippen LogP contribution in [0.2, 0.25) is 0 Å². The highest BCUT2D eigenvalue weighted by atomic mass is 79.9. The predicted molar refractivity (Wildman–Crippen MR) is 65.0 cm³/mol. The molecule has 0 aliphatic rings. The van der Waals surface area contributed by atoms with E-state index in [1.54, 1.807) is 12.1 Å². The molecule has 0 saturated heterocycles. The summed E-state index contributed by atoms with van der Waals surface area (Å²) >= 11 is 3.04. The summed E-state index contributed by atoms with van der Waals surface area (Å²) in [4.78, 5) is 11.6. The Labute approximate surface area is 103 Å². The molecule has 1 aromatic carbocycles. The maximum Gasteiger partial charge on any atom is 0.254 e. The van der Waals surface area contributed by atoms with E-state index in [1.807, 2.05) is 7.05 Å². The van der Waals surface area contributed by atoms with Crippen LogP contribution in [-0.2, 0) is 0 Å². The minimum atomic E-state index is -0.520. The Balaban J connectivity index is 2.56. The number of carbonyl (C=O) groups excluding carboxylic acids is 1. The fraction of sp³-hybridized carbons (Fsp3) is 0.364. The third kappa shape index (κ3) is 3.57. The second kappa shape index (κ2) is 6.60. The first-order valence-corrected chi connectivity index (χ1v) is 5.83. The number of nitrogens with one attached hydrogen (secondary N) is 2. The number of hydrogen-bond donors (Lipinski definition) is 2. The summed E-state index contributed by atoms with van der Waals surface area (Å²) in [5, 5.41) is 5.63. The Morgan fingerprint density at radius 2 is 2.19 bits per heavy atom. The van der Waals surface area contributed by atoms with Crippen molar-refractivity contribution >= 4 is 21.8 Å². The number of benzene rings is 1. The van der Waals surface area contributed by atoms with E-state index in [2.05, 4.69) is 26.6 Å². The van der Waals surface area contributed by atoms with Crippen LogP contribution >= 0.6 is 15.9 Å². The molecule has 2 N–H and O–H groups in total. The van der Waals surface area contributed by atoms with E-state index < -0.39 is 5.82 Å². The van der Waals surface area contributed by atoms with Gasteiger partial charge in [0.15, 0.2) is 0 Å². The summed E-state index contributed by atoms with van der Waals surface area (Å²) < 4.78 is 13.8. The zero-order chi connectivity index (χ0) is 12.0. The number of hydrogen-bond acceptors (Lipinski definition) is 2. The molecule has 0 atom stereocenters. The third-order valence-corrected chi connectivity index (χ3v) is 2.70. The van der Waals surface area contributed by atoms with Crippen LogP contribution in [0.4, 0.5) is 4.39 Å². The van der Waals surface area contributed by atoms with Crippen LogP contribution in [0.25, 0.3) is 0 Å². The topological polar surface area (TPSA) is 41.1 Å². The fourth-order valence-corrected chi connectivity index (χ4v) is 1.61. The van der Waals surface area contributed by atoms with E-state index in [4.69, 9.17) is 0 Å². The van der Waals surface area contributed by atoms with Gasteiger partial charge in [0.05, 0.1) is 10.0 Å². The van der Waals surface area contributed by atoms with Gasteiger partial charge in [-0.05, 0) is 48.1 Å². The third-order valence-electron chi connectivity index (χ3n) is 2.09. The van der Waals surface area contributed by atoms with Crippen molar-refractivity contribution in [2.24, 2.45) is 0 Å². The van der Waals surface area contributed by atoms with E-state index in [1.165, 1.54) is 6.07 Å². The molecular formula is C11H14BrFN2O. The summed E-state index contributed by atoms with van der Waals surface area (Å²) in [6, 6.07) is 4.66. The van der Waals surface area contributed by atoms with Crippen molar-refractivity contribution in [3.63, 3.8) is 0 Å². The molecule has 0 saturated carbocycles. The minimum Gasteiger partial charge on any atom is -0.352 e. The van der Waals surface area contributed by atoms with Gasteiger partial charge in [-0.1, -0.05) is 6.07 Å². The minimum absolute atomic E-state index is 0.0684. The maximum absolute atomic E-state index is 13.5. The molecule has 0 heterocycles. The molecule has 3 nitrogen and oxygen atoms in total. The van der Waals surface area contributed by atoms with Gasteiger partial charge in [0, 0.05) is 6.54 Å². The van der Waals surface area contributed by atoms with Crippen molar-refractivity contribution in [1.29, 1.82) is 0 Å². The molecule has 0 aliphatic carbocycles. The van der Waals surface area contributed by atoms with Crippen LogP contribution in [0.15, 0.2) is 22.7 Å². The molecule has 0 fully saturated rings. The highest BCUT2D eigenvalue weighted by Gasteiger charge is 2.12. The van der Waals surface area contributed by atoms with Gasteiger partial charge in [-0.25, -0.2) is 4.39 Å². The van der Waals surface area contributed by atoms with Crippen molar-refractivity contribution in [3.8, 4) is 0 Å². The molecule has 0 spiro atoms. The highest BCUT2D eigenvalue weighted by Crippen LogP contribution is 2.18. The zero-order valence-corrected chi connectivity index (χ0v) is 10.6. The van der Waals surface area contributed by atoms with Gasteiger partial charge in [-0.2, -0.15) is 0 Å². The number of amides is 1. The molecule has 88 valence electrons. The van der Waals surface area contributed by atoms with Crippen LogP contribution in [0.1, 0.15) is 16.8 Å². The smallest absolute Gasteiger partial charge is 0.254 e. The van der Waals surface area contributed by atoms with Crippen LogP contribution in [-0.4, -0.2) is 26.0 Å². The molecule has 0 bridgehead atoms. The van der Waals surface area contributed by atoms with Crippen LogP contribution in [0.3, 0.4) is 0 Å². The predicted octanol–water partition coefficient (Wildman–Crippen LogP) is 1.93. The lowest BCUT2D eigenvalue weighted by Crippen LogP contribution is -2.27. The van der Waals surface area contributed by atoms with Crippen molar-refractivity contribution in [2.45, 2.75) is 6.42 Å². The lowest BCUT2D eigenvalue weighted by Gasteiger charge is -2.06. The largest absolute Gasteiger partial charge is 0.352 e. The van der Waals surface area contributed by atoms with Gasteiger partial charge in [0.2, 0.25) is 0 Å². The fourth-order valence-electron chi connectivity index (χ4n) is 1.24. The molecule has 5 heteroatoms. The van der Waals surface area contributed by atoms with Crippen LogP contribution in [0.5, 0.6) is 0 Å². The molecule has 0 unspecified atom stereocenters. The molecule has 1 amide bonds. The summed E-state index contributed by atoms with van der Waals surface area (Å²) in [7, 11) is 1.84. The monoisotopic (exact) mass is 288 g/mol. The first kappa shape index (κ1) is 13.1. The number of carbonyl (C=O) groups is 1. The van der Waals surface area contributed by atoms with Gasteiger partial charge in [-0.3, -0.25) is 4.79 Å². The quantitative estimate of drug-likeness (QED) is 0.813. The summed E-state index contributed by atoms with van der Waals surface area (Å²) in [5.74, 6) is -0.900. The van der Waals surface area contributed by atoms with Crippen LogP contribution < -0.4 is 10.6 Å². The first-order chi connectivity index (χ1) is 7.66. The average Bonchev–Trinajstić information content (AvgIpc) is 2.28. The normalized spacial score (nSPS) is 10.2. The number of rotatable bonds is 5. The lowest BCUT2D eigenvalue weighted by molar-refractivity contribution is 0.0949. The zero-order valence-electron chi connectivity index (χ0n) is 9.02. The first-order valence-electron chi connectivity index (χ1n) is 5.03. The molecule has 1 rings (SSSR count). The molecule has 16 heavy (non-hydrogen) atoms. The van der Waals surface area contributed by atoms with Crippen molar-refractivity contribution in [2.75, 3.05) is 20.1 Å². The molecule has 0 aromatic heterocycles. The highest BCUT2D eigenvalue weighted by molar-refractivity contribution is 9.10. The van der Waals surface area contributed by atoms with Crippen molar-refractivity contribution in [1.82, 2.24) is 10.6 Å². The van der Waals surface area contributed by atoms with Gasteiger partial charge in [-0.15, -0.1) is 0 Å². The Morgan fingerprint density at radius 3 is 2.88 bits per heavy atom. The maximum atomic E-state index is 13.5. The van der Waals surface area contributed by atoms with E-state index in [-0.39, 0.29) is 11.5 Å². The van der Waals surface area contributed by atoms with E-state index >= 15 is 0 Å². The van der Waals surface area contributed by atoms with Crippen molar-refractivity contribution < 1.29 is 9.18 Å². The molecule has 1 aromatic rings. The molecule has 0 aliphatic heterocycles. The molecule has 0 radical (unpaired) electrons. The standard InChI is InChI=1S/C11H14BrFN2O/c1-14-6-3-7-15-11(16)8-4-2-5-9(12)10(8)13/h2,4-5,14H,3,6-7H2,1H3,(H,15,16). The van der Waals surface area contributed by atoms with Gasteiger partial charge in [0.1, 0.15) is 5.82 Å².